The highest BCUT2D eigenvalue weighted by molar-refractivity contribution is 5.74. The van der Waals surface area contributed by atoms with Crippen molar-refractivity contribution >= 4 is 16.9 Å². The fraction of sp³-hybridized carbons (Fsp3) is 0.154. The van der Waals surface area contributed by atoms with Crippen LogP contribution in [0.5, 0.6) is 0 Å². The van der Waals surface area contributed by atoms with E-state index in [1.54, 1.807) is 12.4 Å². The molecule has 0 radical (unpaired) electrons. The van der Waals surface area contributed by atoms with E-state index in [4.69, 9.17) is 0 Å². The molecular weight excluding hydrogens is 226 g/mol. The minimum absolute atomic E-state index is 0.678. The monoisotopic (exact) mass is 239 g/mol. The molecule has 0 unspecified atom stereocenters. The maximum absolute atomic E-state index is 4.36. The molecule has 5 heteroatoms. The van der Waals surface area contributed by atoms with E-state index < -0.39 is 0 Å². The smallest absolute Gasteiger partial charge is 0.144 e. The lowest BCUT2D eigenvalue weighted by Gasteiger charge is -2.04. The van der Waals surface area contributed by atoms with Gasteiger partial charge in [-0.05, 0) is 12.1 Å². The van der Waals surface area contributed by atoms with Gasteiger partial charge >= 0.3 is 0 Å². The van der Waals surface area contributed by atoms with Crippen molar-refractivity contribution < 1.29 is 0 Å². The lowest BCUT2D eigenvalue weighted by atomic mass is 10.3. The van der Waals surface area contributed by atoms with Crippen LogP contribution < -0.4 is 5.32 Å². The molecule has 0 fully saturated rings. The number of anilines is 1. The van der Waals surface area contributed by atoms with Crippen molar-refractivity contribution in [3.8, 4) is 0 Å². The first-order valence-corrected chi connectivity index (χ1v) is 5.75. The van der Waals surface area contributed by atoms with Gasteiger partial charge < -0.3 is 9.88 Å². The zero-order chi connectivity index (χ0) is 12.4. The van der Waals surface area contributed by atoms with E-state index in [0.717, 1.165) is 22.5 Å². The maximum atomic E-state index is 4.36. The fourth-order valence-corrected chi connectivity index (χ4v) is 1.88. The number of benzene rings is 1. The third-order valence-electron chi connectivity index (χ3n) is 2.82. The van der Waals surface area contributed by atoms with Crippen molar-refractivity contribution in [2.75, 3.05) is 12.4 Å². The van der Waals surface area contributed by atoms with Crippen LogP contribution in [0.3, 0.4) is 0 Å². The number of nitrogens with one attached hydrogen (secondary N) is 1. The Kier molecular flexibility index (Phi) is 2.64. The summed E-state index contributed by atoms with van der Waals surface area (Å²) in [4.78, 5) is 13.0. The fourth-order valence-electron chi connectivity index (χ4n) is 1.88. The van der Waals surface area contributed by atoms with Crippen LogP contribution in [0.1, 0.15) is 5.69 Å². The highest BCUT2D eigenvalue weighted by atomic mass is 15.1. The van der Waals surface area contributed by atoms with E-state index in [0.29, 0.717) is 6.54 Å². The summed E-state index contributed by atoms with van der Waals surface area (Å²) in [6, 6.07) is 8.05. The van der Waals surface area contributed by atoms with Crippen molar-refractivity contribution in [1.82, 2.24) is 19.5 Å². The Bertz CT molecular complexity index is 656. The molecule has 0 aliphatic carbocycles. The summed E-state index contributed by atoms with van der Waals surface area (Å²) in [6.07, 6.45) is 5.34. The van der Waals surface area contributed by atoms with Crippen molar-refractivity contribution in [1.29, 1.82) is 0 Å². The molecule has 3 aromatic rings. The summed E-state index contributed by atoms with van der Waals surface area (Å²) in [6.45, 7) is 0.678. The third-order valence-corrected chi connectivity index (χ3v) is 2.82. The van der Waals surface area contributed by atoms with Crippen LogP contribution in [0.15, 0.2) is 43.0 Å². The molecule has 1 aromatic carbocycles. The van der Waals surface area contributed by atoms with Gasteiger partial charge in [-0.2, -0.15) is 0 Å². The number of para-hydroxylation sites is 2. The molecule has 2 aromatic heterocycles. The summed E-state index contributed by atoms with van der Waals surface area (Å²) in [5, 5.41) is 2.95. The Morgan fingerprint density at radius 3 is 2.78 bits per heavy atom. The molecule has 0 spiro atoms. The number of hydrogen-bond donors (Lipinski definition) is 1. The standard InChI is InChI=1S/C13H13N5/c1-14-13-7-15-10(6-16-13)8-18-9-17-11-4-2-3-5-12(11)18/h2-7,9H,8H2,1H3,(H,14,16). The highest BCUT2D eigenvalue weighted by Gasteiger charge is 2.03. The highest BCUT2D eigenvalue weighted by Crippen LogP contribution is 2.13. The second-order valence-corrected chi connectivity index (χ2v) is 4.00. The van der Waals surface area contributed by atoms with Gasteiger partial charge in [-0.15, -0.1) is 0 Å². The van der Waals surface area contributed by atoms with Gasteiger partial charge in [0.1, 0.15) is 5.82 Å². The summed E-state index contributed by atoms with van der Waals surface area (Å²) in [5.74, 6) is 0.772. The number of imidazole rings is 1. The Balaban J connectivity index is 1.91. The molecule has 1 N–H and O–H groups in total. The van der Waals surface area contributed by atoms with Gasteiger partial charge in [0.05, 0.1) is 42.0 Å². The van der Waals surface area contributed by atoms with Crippen molar-refractivity contribution in [2.45, 2.75) is 6.54 Å². The average molecular weight is 239 g/mol. The van der Waals surface area contributed by atoms with Crippen LogP contribution in [-0.4, -0.2) is 26.6 Å². The quantitative estimate of drug-likeness (QED) is 0.758. The van der Waals surface area contributed by atoms with Gasteiger partial charge in [-0.25, -0.2) is 9.97 Å². The number of nitrogens with zero attached hydrogens (tertiary/aromatic N) is 4. The molecular formula is C13H13N5. The van der Waals surface area contributed by atoms with Gasteiger partial charge in [0, 0.05) is 7.05 Å². The van der Waals surface area contributed by atoms with Crippen LogP contribution in [-0.2, 0) is 6.54 Å². The Morgan fingerprint density at radius 2 is 2.00 bits per heavy atom. The minimum Gasteiger partial charge on any atom is -0.372 e. The Hall–Kier alpha value is -2.43. The lowest BCUT2D eigenvalue weighted by Crippen LogP contribution is -2.02. The summed E-state index contributed by atoms with van der Waals surface area (Å²) in [5.41, 5.74) is 3.02. The van der Waals surface area contributed by atoms with E-state index in [-0.39, 0.29) is 0 Å². The molecule has 90 valence electrons. The largest absolute Gasteiger partial charge is 0.372 e. The van der Waals surface area contributed by atoms with Crippen molar-refractivity contribution in [3.05, 3.63) is 48.7 Å². The van der Waals surface area contributed by atoms with Gasteiger partial charge in [0.25, 0.3) is 0 Å². The average Bonchev–Trinajstić information content (AvgIpc) is 2.83. The van der Waals surface area contributed by atoms with Gasteiger partial charge in [0.15, 0.2) is 0 Å². The van der Waals surface area contributed by atoms with E-state index in [9.17, 15) is 0 Å². The molecule has 0 aliphatic rings. The van der Waals surface area contributed by atoms with Gasteiger partial charge in [0.2, 0.25) is 0 Å². The molecule has 0 atom stereocenters. The third kappa shape index (κ3) is 1.90. The van der Waals surface area contributed by atoms with Crippen LogP contribution in [0, 0.1) is 0 Å². The molecule has 3 rings (SSSR count). The predicted molar refractivity (Wildman–Crippen MR) is 70.4 cm³/mol. The summed E-state index contributed by atoms with van der Waals surface area (Å²) in [7, 11) is 1.83. The second kappa shape index (κ2) is 4.44. The molecule has 0 saturated heterocycles. The molecule has 2 heterocycles. The number of aromatic nitrogens is 4. The van der Waals surface area contributed by atoms with Crippen LogP contribution >= 0.6 is 0 Å². The van der Waals surface area contributed by atoms with E-state index >= 15 is 0 Å². The molecule has 0 amide bonds. The minimum atomic E-state index is 0.678. The summed E-state index contributed by atoms with van der Waals surface area (Å²) >= 11 is 0. The normalized spacial score (nSPS) is 10.7. The number of hydrogen-bond acceptors (Lipinski definition) is 4. The second-order valence-electron chi connectivity index (χ2n) is 4.00. The maximum Gasteiger partial charge on any atom is 0.144 e. The van der Waals surface area contributed by atoms with Crippen molar-refractivity contribution in [3.63, 3.8) is 0 Å². The zero-order valence-electron chi connectivity index (χ0n) is 10.0. The van der Waals surface area contributed by atoms with E-state index in [2.05, 4.69) is 30.9 Å². The molecule has 0 bridgehead atoms. The predicted octanol–water partition coefficient (Wildman–Crippen LogP) is 1.92. The first-order valence-electron chi connectivity index (χ1n) is 5.75. The molecule has 0 saturated carbocycles. The summed E-state index contributed by atoms with van der Waals surface area (Å²) < 4.78 is 2.07. The van der Waals surface area contributed by atoms with Crippen LogP contribution in [0.25, 0.3) is 11.0 Å². The van der Waals surface area contributed by atoms with Gasteiger partial charge in [-0.1, -0.05) is 12.1 Å². The topological polar surface area (TPSA) is 55.6 Å². The van der Waals surface area contributed by atoms with E-state index in [1.807, 2.05) is 31.6 Å². The Morgan fingerprint density at radius 1 is 1.11 bits per heavy atom. The molecule has 5 nitrogen and oxygen atoms in total. The molecule has 0 aliphatic heterocycles. The van der Waals surface area contributed by atoms with Crippen molar-refractivity contribution in [2.24, 2.45) is 0 Å². The van der Waals surface area contributed by atoms with Gasteiger partial charge in [-0.3, -0.25) is 4.98 Å². The van der Waals surface area contributed by atoms with Crippen LogP contribution in [0.2, 0.25) is 0 Å². The van der Waals surface area contributed by atoms with E-state index in [1.165, 1.54) is 0 Å². The SMILES string of the molecule is CNc1cnc(Cn2cnc3ccccc32)cn1. The number of fused-ring (bicyclic) bond motifs is 1. The zero-order valence-corrected chi connectivity index (χ0v) is 10.0. The first-order chi connectivity index (χ1) is 8.86. The first kappa shape index (κ1) is 10.7. The Labute approximate surface area is 105 Å². The lowest BCUT2D eigenvalue weighted by molar-refractivity contribution is 0.791. The van der Waals surface area contributed by atoms with Crippen LogP contribution in [0.4, 0.5) is 5.82 Å². The molecule has 18 heavy (non-hydrogen) atoms. The number of rotatable bonds is 3.